The molecule has 0 bridgehead atoms. The first-order valence-electron chi connectivity index (χ1n) is 6.62. The van der Waals surface area contributed by atoms with E-state index in [2.05, 4.69) is 4.90 Å². The number of halogens is 2. The van der Waals surface area contributed by atoms with Crippen molar-refractivity contribution >= 4 is 17.6 Å². The number of carboxylic acids is 1. The summed E-state index contributed by atoms with van der Waals surface area (Å²) in [5.41, 5.74) is 0.550. The fourth-order valence-corrected chi connectivity index (χ4v) is 2.96. The molecule has 3 nitrogen and oxygen atoms in total. The first-order valence-corrected chi connectivity index (χ1v) is 7.00. The van der Waals surface area contributed by atoms with Gasteiger partial charge in [-0.15, -0.1) is 0 Å². The second-order valence-corrected chi connectivity index (χ2v) is 6.77. The molecule has 0 unspecified atom stereocenters. The molecule has 1 aliphatic heterocycles. The monoisotopic (exact) mass is 299 g/mol. The lowest BCUT2D eigenvalue weighted by Gasteiger charge is -2.31. The minimum absolute atomic E-state index is 0.112. The molecule has 20 heavy (non-hydrogen) atoms. The molecule has 2 rings (SSSR count). The minimum atomic E-state index is -0.845. The third kappa shape index (κ3) is 3.13. The summed E-state index contributed by atoms with van der Waals surface area (Å²) in [5.74, 6) is -2.04. The van der Waals surface area contributed by atoms with Gasteiger partial charge in [0.15, 0.2) is 0 Å². The molecule has 1 aliphatic rings. The highest BCUT2D eigenvalue weighted by Crippen LogP contribution is 2.37. The van der Waals surface area contributed by atoms with E-state index in [1.807, 2.05) is 20.8 Å². The SMILES string of the molecule is CC(C)(C)N1C[C@H](C(=O)O)[C@@H](c2cc(F)cc(Cl)c2)C1. The van der Waals surface area contributed by atoms with Gasteiger partial charge in [-0.1, -0.05) is 11.6 Å². The highest BCUT2D eigenvalue weighted by Gasteiger charge is 2.42. The van der Waals surface area contributed by atoms with Crippen LogP contribution in [0.1, 0.15) is 32.3 Å². The maximum absolute atomic E-state index is 13.5. The van der Waals surface area contributed by atoms with E-state index in [4.69, 9.17) is 11.6 Å². The van der Waals surface area contributed by atoms with Gasteiger partial charge in [0.1, 0.15) is 5.82 Å². The zero-order chi connectivity index (χ0) is 15.1. The van der Waals surface area contributed by atoms with Gasteiger partial charge in [-0.05, 0) is 44.5 Å². The van der Waals surface area contributed by atoms with Gasteiger partial charge in [-0.2, -0.15) is 0 Å². The van der Waals surface area contributed by atoms with Gasteiger partial charge in [-0.25, -0.2) is 4.39 Å². The molecule has 1 N–H and O–H groups in total. The number of aliphatic carboxylic acids is 1. The number of carbonyl (C=O) groups is 1. The number of hydrogen-bond donors (Lipinski definition) is 1. The molecule has 110 valence electrons. The lowest BCUT2D eigenvalue weighted by molar-refractivity contribution is -0.141. The van der Waals surface area contributed by atoms with E-state index < -0.39 is 17.7 Å². The lowest BCUT2D eigenvalue weighted by atomic mass is 9.89. The molecule has 1 aromatic rings. The average molecular weight is 300 g/mol. The topological polar surface area (TPSA) is 40.5 Å². The van der Waals surface area contributed by atoms with Crippen LogP contribution in [-0.2, 0) is 4.79 Å². The number of likely N-dealkylation sites (tertiary alicyclic amines) is 1. The Bertz CT molecular complexity index is 507. The van der Waals surface area contributed by atoms with E-state index >= 15 is 0 Å². The molecule has 0 aromatic heterocycles. The summed E-state index contributed by atoms with van der Waals surface area (Å²) in [6, 6.07) is 4.29. The minimum Gasteiger partial charge on any atom is -0.481 e. The largest absolute Gasteiger partial charge is 0.481 e. The second-order valence-electron chi connectivity index (χ2n) is 6.33. The van der Waals surface area contributed by atoms with E-state index in [9.17, 15) is 14.3 Å². The van der Waals surface area contributed by atoms with Gasteiger partial charge in [0.2, 0.25) is 0 Å². The van der Waals surface area contributed by atoms with Crippen LogP contribution in [0, 0.1) is 11.7 Å². The molecule has 2 atom stereocenters. The Morgan fingerprint density at radius 2 is 2.00 bits per heavy atom. The van der Waals surface area contributed by atoms with Crippen molar-refractivity contribution in [2.75, 3.05) is 13.1 Å². The fraction of sp³-hybridized carbons (Fsp3) is 0.533. The molecule has 0 spiro atoms. The van der Waals surface area contributed by atoms with E-state index in [-0.39, 0.29) is 11.5 Å². The Hall–Kier alpha value is -1.13. The molecule has 0 amide bonds. The van der Waals surface area contributed by atoms with Crippen LogP contribution in [0.2, 0.25) is 5.02 Å². The summed E-state index contributed by atoms with van der Waals surface area (Å²) in [6.45, 7) is 7.21. The Balaban J connectivity index is 2.35. The smallest absolute Gasteiger partial charge is 0.308 e. The number of rotatable bonds is 2. The summed E-state index contributed by atoms with van der Waals surface area (Å²) in [6.07, 6.45) is 0. The van der Waals surface area contributed by atoms with Crippen molar-refractivity contribution < 1.29 is 14.3 Å². The quantitative estimate of drug-likeness (QED) is 0.910. The van der Waals surface area contributed by atoms with Gasteiger partial charge >= 0.3 is 5.97 Å². The van der Waals surface area contributed by atoms with Crippen molar-refractivity contribution in [3.05, 3.63) is 34.6 Å². The van der Waals surface area contributed by atoms with Gasteiger partial charge in [-0.3, -0.25) is 9.69 Å². The van der Waals surface area contributed by atoms with Gasteiger partial charge in [0.25, 0.3) is 0 Å². The molecule has 0 saturated carbocycles. The summed E-state index contributed by atoms with van der Waals surface area (Å²) < 4.78 is 13.5. The molecule has 1 aromatic carbocycles. The number of benzene rings is 1. The zero-order valence-electron chi connectivity index (χ0n) is 11.9. The summed E-state index contributed by atoms with van der Waals surface area (Å²) in [7, 11) is 0. The van der Waals surface area contributed by atoms with E-state index in [1.165, 1.54) is 12.1 Å². The van der Waals surface area contributed by atoms with Crippen molar-refractivity contribution in [1.82, 2.24) is 4.90 Å². The van der Waals surface area contributed by atoms with Gasteiger partial charge in [0.05, 0.1) is 5.92 Å². The first kappa shape index (κ1) is 15.3. The molecule has 1 saturated heterocycles. The zero-order valence-corrected chi connectivity index (χ0v) is 12.6. The molecule has 0 radical (unpaired) electrons. The van der Waals surface area contributed by atoms with Gasteiger partial charge < -0.3 is 5.11 Å². The third-order valence-electron chi connectivity index (χ3n) is 3.90. The third-order valence-corrected chi connectivity index (χ3v) is 4.12. The maximum Gasteiger partial charge on any atom is 0.308 e. The van der Waals surface area contributed by atoms with Crippen LogP contribution in [0.3, 0.4) is 0 Å². The molecule has 1 heterocycles. The first-order chi connectivity index (χ1) is 9.18. The van der Waals surface area contributed by atoms with E-state index in [1.54, 1.807) is 6.07 Å². The number of nitrogens with zero attached hydrogens (tertiary/aromatic N) is 1. The fourth-order valence-electron chi connectivity index (χ4n) is 2.73. The summed E-state index contributed by atoms with van der Waals surface area (Å²) >= 11 is 5.88. The molecule has 1 fully saturated rings. The number of hydrogen-bond acceptors (Lipinski definition) is 2. The van der Waals surface area contributed by atoms with Crippen LogP contribution < -0.4 is 0 Å². The van der Waals surface area contributed by atoms with Crippen LogP contribution >= 0.6 is 11.6 Å². The average Bonchev–Trinajstić information content (AvgIpc) is 2.71. The van der Waals surface area contributed by atoms with Crippen LogP contribution in [0.15, 0.2) is 18.2 Å². The molecular formula is C15H19ClFNO2. The Morgan fingerprint density at radius 1 is 1.35 bits per heavy atom. The normalized spacial score (nSPS) is 24.1. The standard InChI is InChI=1S/C15H19ClFNO2/c1-15(2,3)18-7-12(13(8-18)14(19)20)9-4-10(16)6-11(17)5-9/h4-6,12-13H,7-8H2,1-3H3,(H,19,20)/t12-,13+/m1/s1. The summed E-state index contributed by atoms with van der Waals surface area (Å²) in [5, 5.41) is 9.72. The van der Waals surface area contributed by atoms with Gasteiger partial charge in [0, 0.05) is 29.6 Å². The Morgan fingerprint density at radius 3 is 2.50 bits per heavy atom. The van der Waals surface area contributed by atoms with Crippen molar-refractivity contribution in [3.63, 3.8) is 0 Å². The second kappa shape index (κ2) is 5.34. The van der Waals surface area contributed by atoms with Crippen molar-refractivity contribution in [1.29, 1.82) is 0 Å². The predicted octanol–water partition coefficient (Wildman–Crippen LogP) is 3.38. The van der Waals surface area contributed by atoms with Crippen molar-refractivity contribution in [2.45, 2.75) is 32.2 Å². The van der Waals surface area contributed by atoms with Crippen LogP contribution in [-0.4, -0.2) is 34.6 Å². The van der Waals surface area contributed by atoms with E-state index in [0.29, 0.717) is 23.7 Å². The Kier molecular flexibility index (Phi) is 4.07. The van der Waals surface area contributed by atoms with Crippen molar-refractivity contribution in [3.8, 4) is 0 Å². The van der Waals surface area contributed by atoms with Crippen LogP contribution in [0.4, 0.5) is 4.39 Å². The van der Waals surface area contributed by atoms with E-state index in [0.717, 1.165) is 0 Å². The molecule has 5 heteroatoms. The highest BCUT2D eigenvalue weighted by atomic mass is 35.5. The highest BCUT2D eigenvalue weighted by molar-refractivity contribution is 6.30. The lowest BCUT2D eigenvalue weighted by Crippen LogP contribution is -2.40. The number of carboxylic acid groups (broad SMARTS) is 1. The van der Waals surface area contributed by atoms with Crippen LogP contribution in [0.5, 0.6) is 0 Å². The predicted molar refractivity (Wildman–Crippen MR) is 76.6 cm³/mol. The maximum atomic E-state index is 13.5. The Labute approximate surface area is 123 Å². The molecular weight excluding hydrogens is 281 g/mol. The van der Waals surface area contributed by atoms with Crippen LogP contribution in [0.25, 0.3) is 0 Å². The summed E-state index contributed by atoms with van der Waals surface area (Å²) in [4.78, 5) is 13.6. The van der Waals surface area contributed by atoms with Crippen molar-refractivity contribution in [2.24, 2.45) is 5.92 Å². The molecule has 0 aliphatic carbocycles.